The van der Waals surface area contributed by atoms with Crippen LogP contribution in [0.1, 0.15) is 195 Å². The summed E-state index contributed by atoms with van der Waals surface area (Å²) in [5.74, 6) is 2.40. The zero-order valence-electron chi connectivity index (χ0n) is 49.3. The van der Waals surface area contributed by atoms with Crippen molar-refractivity contribution in [3.05, 3.63) is 178 Å². The molecular formula is C70H99N5O3. The lowest BCUT2D eigenvalue weighted by molar-refractivity contribution is -0.128. The third-order valence-corrected chi connectivity index (χ3v) is 18.5. The average molecular weight is 1060 g/mol. The molecule has 0 radical (unpaired) electrons. The summed E-state index contributed by atoms with van der Waals surface area (Å²) in [7, 11) is 3.99. The molecule has 2 unspecified atom stereocenters. The molecule has 78 heavy (non-hydrogen) atoms. The van der Waals surface area contributed by atoms with E-state index in [1.54, 1.807) is 0 Å². The van der Waals surface area contributed by atoms with Crippen molar-refractivity contribution in [1.29, 1.82) is 0 Å². The quantitative estimate of drug-likeness (QED) is 0.0886. The molecule has 0 heterocycles. The lowest BCUT2D eigenvalue weighted by Crippen LogP contribution is -2.51. The van der Waals surface area contributed by atoms with Gasteiger partial charge in [-0.1, -0.05) is 218 Å². The van der Waals surface area contributed by atoms with Crippen LogP contribution in [0.25, 0.3) is 0 Å². The van der Waals surface area contributed by atoms with Crippen molar-refractivity contribution >= 4 is 17.3 Å². The molecule has 7 atom stereocenters. The lowest BCUT2D eigenvalue weighted by Gasteiger charge is -2.43. The number of benzene rings is 5. The van der Waals surface area contributed by atoms with E-state index in [1.165, 1.54) is 72.8 Å². The van der Waals surface area contributed by atoms with Crippen LogP contribution in [-0.4, -0.2) is 44.5 Å². The van der Waals surface area contributed by atoms with E-state index in [0.717, 1.165) is 94.3 Å². The Morgan fingerprint density at radius 2 is 0.859 bits per heavy atom. The number of hydrogen-bond acceptors (Lipinski definition) is 8. The Morgan fingerprint density at radius 1 is 0.436 bits per heavy atom. The van der Waals surface area contributed by atoms with Crippen LogP contribution in [-0.2, 0) is 42.1 Å². The van der Waals surface area contributed by atoms with Gasteiger partial charge < -0.3 is 27.0 Å². The number of carbonyl (C=O) groups excluding carboxylic acids is 3. The minimum Gasteiger partial charge on any atom is -0.321 e. The van der Waals surface area contributed by atoms with Crippen LogP contribution in [0.15, 0.2) is 140 Å². The van der Waals surface area contributed by atoms with Crippen molar-refractivity contribution in [1.82, 2.24) is 21.3 Å². The van der Waals surface area contributed by atoms with Gasteiger partial charge in [0.1, 0.15) is 16.6 Å². The number of hydrogen-bond donors (Lipinski definition) is 5. The van der Waals surface area contributed by atoms with Crippen LogP contribution in [0.5, 0.6) is 0 Å². The summed E-state index contributed by atoms with van der Waals surface area (Å²) >= 11 is 0. The number of nitrogens with one attached hydrogen (secondary N) is 4. The molecule has 422 valence electrons. The van der Waals surface area contributed by atoms with Crippen LogP contribution in [0.3, 0.4) is 0 Å². The topological polar surface area (TPSA) is 125 Å². The second kappa shape index (κ2) is 29.9. The van der Waals surface area contributed by atoms with Gasteiger partial charge in [0, 0.05) is 30.3 Å². The molecule has 5 aromatic carbocycles. The largest absolute Gasteiger partial charge is 0.321 e. The Kier molecular flexibility index (Phi) is 23.8. The van der Waals surface area contributed by atoms with Crippen molar-refractivity contribution in [3.8, 4) is 0 Å². The minimum absolute atomic E-state index is 0.0699. The van der Waals surface area contributed by atoms with Crippen LogP contribution in [0.4, 0.5) is 0 Å². The Hall–Kier alpha value is -5.09. The van der Waals surface area contributed by atoms with Crippen molar-refractivity contribution in [3.63, 3.8) is 0 Å². The summed E-state index contributed by atoms with van der Waals surface area (Å²) in [5.41, 5.74) is 14.1. The van der Waals surface area contributed by atoms with Gasteiger partial charge in [0.25, 0.3) is 0 Å². The second-order valence-electron chi connectivity index (χ2n) is 23.3. The highest BCUT2D eigenvalue weighted by atomic mass is 16.1. The molecular weight excluding hydrogens is 959 g/mol. The molecule has 5 fully saturated rings. The normalized spacial score (nSPS) is 27.9. The maximum atomic E-state index is 12.4. The number of rotatable bonds is 11. The summed E-state index contributed by atoms with van der Waals surface area (Å²) in [6, 6.07) is 48.2. The van der Waals surface area contributed by atoms with E-state index >= 15 is 0 Å². The van der Waals surface area contributed by atoms with Crippen molar-refractivity contribution in [2.24, 2.45) is 17.6 Å². The first-order chi connectivity index (χ1) is 37.7. The fraction of sp³-hybridized carbons (Fsp3) is 0.529. The molecule has 10 rings (SSSR count). The van der Waals surface area contributed by atoms with Crippen LogP contribution >= 0.6 is 0 Å². The first-order valence-corrected chi connectivity index (χ1v) is 30.3. The molecule has 5 aliphatic rings. The van der Waals surface area contributed by atoms with Gasteiger partial charge >= 0.3 is 0 Å². The maximum Gasteiger partial charge on any atom is 0.157 e. The van der Waals surface area contributed by atoms with E-state index in [1.807, 2.05) is 49.5 Å². The van der Waals surface area contributed by atoms with Crippen LogP contribution < -0.4 is 27.0 Å². The number of carbonyl (C=O) groups is 3. The van der Waals surface area contributed by atoms with E-state index in [-0.39, 0.29) is 11.1 Å². The van der Waals surface area contributed by atoms with Gasteiger partial charge in [0.2, 0.25) is 0 Å². The Balaban J connectivity index is 0.000000158. The highest BCUT2D eigenvalue weighted by Gasteiger charge is 2.43. The number of ketones is 3. The van der Waals surface area contributed by atoms with Gasteiger partial charge in [0.15, 0.2) is 17.3 Å². The van der Waals surface area contributed by atoms with E-state index in [9.17, 15) is 14.4 Å². The van der Waals surface area contributed by atoms with E-state index in [2.05, 4.69) is 167 Å². The summed E-state index contributed by atoms with van der Waals surface area (Å²) in [6.45, 7) is 14.6. The standard InChI is InChI=1S/2C15H21NO.C14H21N.C13H17NO.C13H19N/c1-3-16-15(11-7-6-10-14(15)17)13-9-5-4-8-12(13)2;1-3-16-15(11-5-4-6-14(15)17)13-9-7-12(2)8-10-13;1-12-8-6-7-11-14(12,15-2)13-9-4-3-5-10-13;1-14-13(10-6-5-9-12(13)15)11-7-3-2-4-8-11;1-11-7-5-6-10-13(11,14)12-8-3-2-4-9-12/h4-5,8-9,16H,3,6-7,10-11H2,1-2H3;7-10,16H,3-6,11H2,1-2H3;3-5,9-10,12,15H,6-8,11H2,1-2H3;2-4,7-8,14H,5-6,9-10H2,1H3;2-4,8-9,11H,5-7,10,14H2,1H3/t2*15-;12?,14-;13-;11?,13-/m00101/s1. The molecule has 0 aliphatic heterocycles. The molecule has 0 aromatic heterocycles. The smallest absolute Gasteiger partial charge is 0.157 e. The number of likely N-dealkylation sites (N-methyl/N-ethyl adjacent to an activating group) is 3. The molecule has 0 spiro atoms. The average Bonchev–Trinajstić information content (AvgIpc) is 3.55. The van der Waals surface area contributed by atoms with Gasteiger partial charge in [0.05, 0.1) is 0 Å². The highest BCUT2D eigenvalue weighted by molar-refractivity contribution is 5.91. The molecule has 8 nitrogen and oxygen atoms in total. The zero-order valence-corrected chi connectivity index (χ0v) is 49.3. The third kappa shape index (κ3) is 14.6. The van der Waals surface area contributed by atoms with Gasteiger partial charge in [-0.2, -0.15) is 0 Å². The van der Waals surface area contributed by atoms with Gasteiger partial charge in [-0.25, -0.2) is 0 Å². The van der Waals surface area contributed by atoms with E-state index in [4.69, 9.17) is 5.73 Å². The zero-order chi connectivity index (χ0) is 56.1. The summed E-state index contributed by atoms with van der Waals surface area (Å²) < 4.78 is 0. The molecule has 0 bridgehead atoms. The summed E-state index contributed by atoms with van der Waals surface area (Å²) in [5, 5.41) is 13.7. The predicted octanol–water partition coefficient (Wildman–Crippen LogP) is 14.5. The van der Waals surface area contributed by atoms with Gasteiger partial charge in [-0.3, -0.25) is 14.4 Å². The molecule has 8 heteroatoms. The number of Topliss-reactive ketones (excluding diaryl/α,β-unsaturated/α-hetero) is 3. The molecule has 0 saturated heterocycles. The molecule has 6 N–H and O–H groups in total. The SMILES string of the molecule is CC1CCCC[C@]1(N)c1ccccc1.CCN[C@]1(c2ccc(C)cc2)CCCCC1=O.CCN[C@]1(c2ccccc2C)CCCCC1=O.CN[C@]1(c2ccccc2)CCCCC1=O.CN[C@]1(c2ccccc2)CCCCC1C. The van der Waals surface area contributed by atoms with Crippen molar-refractivity contribution in [2.75, 3.05) is 27.2 Å². The molecule has 0 amide bonds. The molecule has 5 saturated carbocycles. The van der Waals surface area contributed by atoms with Crippen LogP contribution in [0, 0.1) is 25.7 Å². The lowest BCUT2D eigenvalue weighted by atomic mass is 9.70. The minimum atomic E-state index is -0.418. The monoisotopic (exact) mass is 1060 g/mol. The fourth-order valence-electron chi connectivity index (χ4n) is 13.8. The number of nitrogens with two attached hydrogens (primary N) is 1. The summed E-state index contributed by atoms with van der Waals surface area (Å²) in [6.07, 6.45) is 21.8. The Morgan fingerprint density at radius 3 is 1.33 bits per heavy atom. The van der Waals surface area contributed by atoms with Crippen LogP contribution in [0.2, 0.25) is 0 Å². The maximum absolute atomic E-state index is 12.4. The van der Waals surface area contributed by atoms with E-state index < -0.39 is 16.6 Å². The third-order valence-electron chi connectivity index (χ3n) is 18.5. The first-order valence-electron chi connectivity index (χ1n) is 30.3. The van der Waals surface area contributed by atoms with E-state index in [0.29, 0.717) is 42.5 Å². The molecule has 5 aromatic rings. The summed E-state index contributed by atoms with van der Waals surface area (Å²) in [4.78, 5) is 36.8. The van der Waals surface area contributed by atoms with Crippen molar-refractivity contribution < 1.29 is 14.4 Å². The van der Waals surface area contributed by atoms with Crippen molar-refractivity contribution in [2.45, 2.75) is 198 Å². The second-order valence-corrected chi connectivity index (χ2v) is 23.3. The fourth-order valence-corrected chi connectivity index (χ4v) is 13.8. The molecule has 5 aliphatic carbocycles. The first kappa shape index (κ1) is 62.1. The number of aryl methyl sites for hydroxylation is 2. The highest BCUT2D eigenvalue weighted by Crippen LogP contribution is 2.42. The predicted molar refractivity (Wildman–Crippen MR) is 325 cm³/mol. The van der Waals surface area contributed by atoms with Gasteiger partial charge in [-0.05, 0) is 150 Å². The Bertz CT molecular complexity index is 2580. The Labute approximate surface area is 471 Å². The van der Waals surface area contributed by atoms with Gasteiger partial charge in [-0.15, -0.1) is 0 Å².